The molecule has 0 atom stereocenters. The SMILES string of the molecule is CC(C)n1ncc2c(Nc3cccc(Br)c3)nc(NCCO)nc21. The van der Waals surface area contributed by atoms with E-state index in [9.17, 15) is 0 Å². The molecular weight excluding hydrogens is 372 g/mol. The Morgan fingerprint density at radius 2 is 2.12 bits per heavy atom. The van der Waals surface area contributed by atoms with Crippen LogP contribution in [0.5, 0.6) is 0 Å². The largest absolute Gasteiger partial charge is 0.395 e. The molecule has 2 heterocycles. The maximum absolute atomic E-state index is 9.02. The predicted octanol–water partition coefficient (Wildman–Crippen LogP) is 3.32. The standard InChI is InChI=1S/C16H19BrN6O/c1-10(2)23-15-13(9-19-23)14(21-16(22-15)18-6-7-24)20-12-5-3-4-11(17)8-12/h3-5,8-10,24H,6-7H2,1-2H3,(H2,18,20,21,22). The van der Waals surface area contributed by atoms with Crippen LogP contribution in [0.1, 0.15) is 19.9 Å². The molecule has 0 amide bonds. The van der Waals surface area contributed by atoms with Gasteiger partial charge >= 0.3 is 0 Å². The van der Waals surface area contributed by atoms with Crippen molar-refractivity contribution in [3.05, 3.63) is 34.9 Å². The minimum Gasteiger partial charge on any atom is -0.395 e. The van der Waals surface area contributed by atoms with Gasteiger partial charge in [-0.15, -0.1) is 0 Å². The maximum atomic E-state index is 9.02. The minimum absolute atomic E-state index is 0.0131. The number of aromatic nitrogens is 4. The van der Waals surface area contributed by atoms with E-state index in [0.717, 1.165) is 21.2 Å². The summed E-state index contributed by atoms with van der Waals surface area (Å²) in [5.41, 5.74) is 1.66. The fourth-order valence-electron chi connectivity index (χ4n) is 2.35. The summed E-state index contributed by atoms with van der Waals surface area (Å²) >= 11 is 3.47. The maximum Gasteiger partial charge on any atom is 0.226 e. The summed E-state index contributed by atoms with van der Waals surface area (Å²) in [5.74, 6) is 1.13. The van der Waals surface area contributed by atoms with E-state index in [1.165, 1.54) is 0 Å². The molecule has 0 saturated heterocycles. The summed E-state index contributed by atoms with van der Waals surface area (Å²) in [4.78, 5) is 9.05. The third-order valence-electron chi connectivity index (χ3n) is 3.43. The van der Waals surface area contributed by atoms with Gasteiger partial charge in [-0.1, -0.05) is 22.0 Å². The van der Waals surface area contributed by atoms with Crippen LogP contribution in [0.2, 0.25) is 0 Å². The highest BCUT2D eigenvalue weighted by Gasteiger charge is 2.14. The van der Waals surface area contributed by atoms with Crippen molar-refractivity contribution in [3.8, 4) is 0 Å². The first-order chi connectivity index (χ1) is 11.6. The smallest absolute Gasteiger partial charge is 0.226 e. The van der Waals surface area contributed by atoms with Crippen LogP contribution in [0.3, 0.4) is 0 Å². The van der Waals surface area contributed by atoms with Gasteiger partial charge in [0.15, 0.2) is 5.65 Å². The molecule has 0 bridgehead atoms. The van der Waals surface area contributed by atoms with Crippen molar-refractivity contribution >= 4 is 44.4 Å². The van der Waals surface area contributed by atoms with E-state index in [-0.39, 0.29) is 12.6 Å². The average Bonchev–Trinajstić information content (AvgIpc) is 2.97. The number of anilines is 3. The highest BCUT2D eigenvalue weighted by molar-refractivity contribution is 9.10. The lowest BCUT2D eigenvalue weighted by molar-refractivity contribution is 0.311. The molecule has 0 aliphatic rings. The van der Waals surface area contributed by atoms with Gasteiger partial charge in [0, 0.05) is 22.7 Å². The van der Waals surface area contributed by atoms with E-state index >= 15 is 0 Å². The molecule has 1 aromatic carbocycles. The first kappa shape index (κ1) is 16.7. The number of hydrogen-bond donors (Lipinski definition) is 3. The van der Waals surface area contributed by atoms with Crippen LogP contribution < -0.4 is 10.6 Å². The molecule has 126 valence electrons. The number of aliphatic hydroxyl groups is 1. The van der Waals surface area contributed by atoms with Crippen molar-refractivity contribution in [2.24, 2.45) is 0 Å². The van der Waals surface area contributed by atoms with Crippen molar-refractivity contribution in [2.75, 3.05) is 23.8 Å². The van der Waals surface area contributed by atoms with Gasteiger partial charge in [-0.25, -0.2) is 4.68 Å². The Labute approximate surface area is 148 Å². The molecule has 0 spiro atoms. The van der Waals surface area contributed by atoms with Gasteiger partial charge in [-0.2, -0.15) is 15.1 Å². The van der Waals surface area contributed by atoms with Gasteiger partial charge < -0.3 is 15.7 Å². The first-order valence-corrected chi connectivity index (χ1v) is 8.50. The van der Waals surface area contributed by atoms with Crippen LogP contribution in [-0.4, -0.2) is 38.0 Å². The van der Waals surface area contributed by atoms with Crippen LogP contribution in [-0.2, 0) is 0 Å². The van der Waals surface area contributed by atoms with E-state index < -0.39 is 0 Å². The summed E-state index contributed by atoms with van der Waals surface area (Å²) < 4.78 is 2.84. The fraction of sp³-hybridized carbons (Fsp3) is 0.312. The normalized spacial score (nSPS) is 11.2. The van der Waals surface area contributed by atoms with Gasteiger partial charge in [-0.3, -0.25) is 0 Å². The Kier molecular flexibility index (Phi) is 4.96. The van der Waals surface area contributed by atoms with Gasteiger partial charge in [-0.05, 0) is 32.0 Å². The van der Waals surface area contributed by atoms with E-state index in [1.807, 2.05) is 28.9 Å². The van der Waals surface area contributed by atoms with Crippen molar-refractivity contribution < 1.29 is 5.11 Å². The molecule has 24 heavy (non-hydrogen) atoms. The third kappa shape index (κ3) is 3.49. The Hall–Kier alpha value is -2.19. The molecule has 3 N–H and O–H groups in total. The first-order valence-electron chi connectivity index (χ1n) is 7.71. The zero-order chi connectivity index (χ0) is 17.1. The molecule has 3 rings (SSSR count). The number of hydrogen-bond acceptors (Lipinski definition) is 6. The van der Waals surface area contributed by atoms with Crippen LogP contribution in [0.4, 0.5) is 17.5 Å². The molecule has 3 aromatic rings. The summed E-state index contributed by atoms with van der Waals surface area (Å²) in [6, 6.07) is 8.04. The van der Waals surface area contributed by atoms with E-state index in [2.05, 4.69) is 55.5 Å². The molecule has 8 heteroatoms. The lowest BCUT2D eigenvalue weighted by atomic mass is 10.3. The van der Waals surface area contributed by atoms with Crippen molar-refractivity contribution in [3.63, 3.8) is 0 Å². The molecule has 0 aliphatic heterocycles. The summed E-state index contributed by atoms with van der Waals surface area (Å²) in [6.45, 7) is 4.50. The summed E-state index contributed by atoms with van der Waals surface area (Å²) in [7, 11) is 0. The third-order valence-corrected chi connectivity index (χ3v) is 3.92. The molecule has 0 aliphatic carbocycles. The van der Waals surface area contributed by atoms with E-state index in [0.29, 0.717) is 18.3 Å². The van der Waals surface area contributed by atoms with E-state index in [1.54, 1.807) is 6.20 Å². The number of aliphatic hydroxyl groups excluding tert-OH is 1. The topological polar surface area (TPSA) is 87.9 Å². The molecule has 0 saturated carbocycles. The number of rotatable bonds is 6. The van der Waals surface area contributed by atoms with Gasteiger partial charge in [0.25, 0.3) is 0 Å². The molecule has 0 unspecified atom stereocenters. The Balaban J connectivity index is 2.07. The van der Waals surface area contributed by atoms with Crippen LogP contribution in [0.25, 0.3) is 11.0 Å². The van der Waals surface area contributed by atoms with Crippen LogP contribution in [0.15, 0.2) is 34.9 Å². The number of benzene rings is 1. The van der Waals surface area contributed by atoms with E-state index in [4.69, 9.17) is 5.11 Å². The zero-order valence-corrected chi connectivity index (χ0v) is 15.1. The van der Waals surface area contributed by atoms with Crippen LogP contribution in [0, 0.1) is 0 Å². The number of fused-ring (bicyclic) bond motifs is 1. The molecule has 0 fully saturated rings. The van der Waals surface area contributed by atoms with Crippen molar-refractivity contribution in [2.45, 2.75) is 19.9 Å². The van der Waals surface area contributed by atoms with Crippen LogP contribution >= 0.6 is 15.9 Å². The highest BCUT2D eigenvalue weighted by Crippen LogP contribution is 2.27. The predicted molar refractivity (Wildman–Crippen MR) is 98.7 cm³/mol. The molecule has 7 nitrogen and oxygen atoms in total. The monoisotopic (exact) mass is 390 g/mol. The van der Waals surface area contributed by atoms with Gasteiger partial charge in [0.1, 0.15) is 5.82 Å². The lowest BCUT2D eigenvalue weighted by Crippen LogP contribution is -2.11. The second-order valence-corrected chi connectivity index (χ2v) is 6.52. The second-order valence-electron chi connectivity index (χ2n) is 5.60. The van der Waals surface area contributed by atoms with Crippen molar-refractivity contribution in [1.82, 2.24) is 19.7 Å². The molecule has 0 radical (unpaired) electrons. The molecular formula is C16H19BrN6O. The Morgan fingerprint density at radius 1 is 1.29 bits per heavy atom. The number of nitrogens with zero attached hydrogens (tertiary/aromatic N) is 4. The second kappa shape index (κ2) is 7.14. The van der Waals surface area contributed by atoms with Gasteiger partial charge in [0.05, 0.1) is 18.2 Å². The zero-order valence-electron chi connectivity index (χ0n) is 13.5. The quantitative estimate of drug-likeness (QED) is 0.598. The fourth-order valence-corrected chi connectivity index (χ4v) is 2.75. The average molecular weight is 391 g/mol. The summed E-state index contributed by atoms with van der Waals surface area (Å²) in [5, 5.41) is 20.6. The summed E-state index contributed by atoms with van der Waals surface area (Å²) in [6.07, 6.45) is 1.77. The van der Waals surface area contributed by atoms with Gasteiger partial charge in [0.2, 0.25) is 5.95 Å². The van der Waals surface area contributed by atoms with Crippen molar-refractivity contribution in [1.29, 1.82) is 0 Å². The number of nitrogens with one attached hydrogen (secondary N) is 2. The Bertz CT molecular complexity index is 848. The molecule has 2 aromatic heterocycles. The Morgan fingerprint density at radius 3 is 2.83 bits per heavy atom. The number of halogens is 1. The lowest BCUT2D eigenvalue weighted by Gasteiger charge is -2.12. The highest BCUT2D eigenvalue weighted by atomic mass is 79.9. The minimum atomic E-state index is 0.0131.